The fraction of sp³-hybridized carbons (Fsp3) is 0.333. The Balaban J connectivity index is 0.00000210. The zero-order chi connectivity index (χ0) is 17.9. The standard InChI is InChI=1S/C21H23FN4.ClH/c1-15(16-9-11-17(22)12-10-16)23-20-18-7-3-4-8-19(18)24-21(25-20)26-13-5-2-6-14-26;/h3-4,7-12,15H,2,5-6,13-14H2,1H3,(H,23,24,25);1H. The van der Waals surface area contributed by atoms with Gasteiger partial charge in [-0.1, -0.05) is 24.3 Å². The van der Waals surface area contributed by atoms with Gasteiger partial charge in [0.15, 0.2) is 0 Å². The van der Waals surface area contributed by atoms with E-state index in [-0.39, 0.29) is 24.3 Å². The quantitative estimate of drug-likeness (QED) is 0.655. The van der Waals surface area contributed by atoms with Crippen LogP contribution in [-0.2, 0) is 0 Å². The third kappa shape index (κ3) is 4.30. The Kier molecular flexibility index (Phi) is 6.11. The van der Waals surface area contributed by atoms with Gasteiger partial charge in [0.2, 0.25) is 5.95 Å². The fourth-order valence-electron chi connectivity index (χ4n) is 3.45. The lowest BCUT2D eigenvalue weighted by atomic mass is 10.1. The normalized spacial score (nSPS) is 15.3. The predicted octanol–water partition coefficient (Wildman–Crippen LogP) is 5.35. The van der Waals surface area contributed by atoms with E-state index in [1.807, 2.05) is 36.4 Å². The van der Waals surface area contributed by atoms with Crippen molar-refractivity contribution in [3.8, 4) is 0 Å². The lowest BCUT2D eigenvalue weighted by molar-refractivity contribution is 0.569. The van der Waals surface area contributed by atoms with E-state index < -0.39 is 0 Å². The summed E-state index contributed by atoms with van der Waals surface area (Å²) in [6.45, 7) is 4.07. The lowest BCUT2D eigenvalue weighted by Gasteiger charge is -2.27. The first-order valence-corrected chi connectivity index (χ1v) is 9.24. The second-order valence-corrected chi connectivity index (χ2v) is 6.85. The number of nitrogens with one attached hydrogen (secondary N) is 1. The number of aromatic nitrogens is 2. The molecule has 4 nitrogen and oxygen atoms in total. The maximum atomic E-state index is 13.2. The molecule has 1 aliphatic rings. The van der Waals surface area contributed by atoms with E-state index >= 15 is 0 Å². The molecule has 142 valence electrons. The minimum Gasteiger partial charge on any atom is -0.363 e. The van der Waals surface area contributed by atoms with Gasteiger partial charge in [-0.15, -0.1) is 12.4 Å². The SMILES string of the molecule is CC(Nc1nc(N2CCCCC2)nc2ccccc12)c1ccc(F)cc1.Cl. The Morgan fingerprint density at radius 2 is 1.67 bits per heavy atom. The molecule has 3 aromatic rings. The van der Waals surface area contributed by atoms with E-state index in [0.29, 0.717) is 0 Å². The van der Waals surface area contributed by atoms with Crippen LogP contribution in [0, 0.1) is 5.82 Å². The first kappa shape index (κ1) is 19.4. The fourth-order valence-corrected chi connectivity index (χ4v) is 3.45. The summed E-state index contributed by atoms with van der Waals surface area (Å²) in [5, 5.41) is 4.50. The molecule has 1 unspecified atom stereocenters. The number of halogens is 2. The third-order valence-corrected chi connectivity index (χ3v) is 4.95. The van der Waals surface area contributed by atoms with Gasteiger partial charge in [-0.3, -0.25) is 0 Å². The molecule has 1 fully saturated rings. The van der Waals surface area contributed by atoms with Crippen LogP contribution in [0.5, 0.6) is 0 Å². The van der Waals surface area contributed by atoms with Crippen LogP contribution in [-0.4, -0.2) is 23.1 Å². The van der Waals surface area contributed by atoms with Gasteiger partial charge in [-0.25, -0.2) is 9.37 Å². The molecule has 6 heteroatoms. The maximum absolute atomic E-state index is 13.2. The molecular formula is C21H24ClFN4. The van der Waals surface area contributed by atoms with E-state index in [9.17, 15) is 4.39 Å². The van der Waals surface area contributed by atoms with Crippen molar-refractivity contribution in [2.45, 2.75) is 32.2 Å². The largest absolute Gasteiger partial charge is 0.363 e. The Bertz CT molecular complexity index is 894. The Hall–Kier alpha value is -2.40. The second-order valence-electron chi connectivity index (χ2n) is 6.85. The lowest BCUT2D eigenvalue weighted by Crippen LogP contribution is -2.31. The summed E-state index contributed by atoms with van der Waals surface area (Å²) in [4.78, 5) is 11.9. The van der Waals surface area contributed by atoms with Crippen LogP contribution in [0.3, 0.4) is 0 Å². The number of para-hydroxylation sites is 1. The topological polar surface area (TPSA) is 41.1 Å². The van der Waals surface area contributed by atoms with Gasteiger partial charge in [0.05, 0.1) is 5.52 Å². The summed E-state index contributed by atoms with van der Waals surface area (Å²) in [7, 11) is 0. The molecule has 1 aliphatic heterocycles. The molecular weight excluding hydrogens is 363 g/mol. The number of anilines is 2. The molecule has 0 spiro atoms. The summed E-state index contributed by atoms with van der Waals surface area (Å²) in [5.41, 5.74) is 1.96. The highest BCUT2D eigenvalue weighted by Crippen LogP contribution is 2.28. The molecule has 2 heterocycles. The van der Waals surface area contributed by atoms with Gasteiger partial charge in [-0.2, -0.15) is 4.98 Å². The number of hydrogen-bond donors (Lipinski definition) is 1. The number of fused-ring (bicyclic) bond motifs is 1. The molecule has 0 saturated carbocycles. The number of nitrogens with zero attached hydrogens (tertiary/aromatic N) is 3. The van der Waals surface area contributed by atoms with Gasteiger partial charge in [0.25, 0.3) is 0 Å². The van der Waals surface area contributed by atoms with Crippen molar-refractivity contribution in [3.05, 3.63) is 59.9 Å². The van der Waals surface area contributed by atoms with Gasteiger partial charge in [0, 0.05) is 24.5 Å². The van der Waals surface area contributed by atoms with Gasteiger partial charge >= 0.3 is 0 Å². The summed E-state index contributed by atoms with van der Waals surface area (Å²) >= 11 is 0. The van der Waals surface area contributed by atoms with Crippen molar-refractivity contribution in [3.63, 3.8) is 0 Å². The molecule has 1 saturated heterocycles. The van der Waals surface area contributed by atoms with Crippen LogP contribution in [0.25, 0.3) is 10.9 Å². The second kappa shape index (κ2) is 8.53. The van der Waals surface area contributed by atoms with E-state index in [1.165, 1.54) is 31.4 Å². The van der Waals surface area contributed by atoms with Crippen LogP contribution in [0.15, 0.2) is 48.5 Å². The summed E-state index contributed by atoms with van der Waals surface area (Å²) < 4.78 is 13.2. The molecule has 27 heavy (non-hydrogen) atoms. The van der Waals surface area contributed by atoms with Crippen molar-refractivity contribution < 1.29 is 4.39 Å². The maximum Gasteiger partial charge on any atom is 0.227 e. The van der Waals surface area contributed by atoms with Crippen molar-refractivity contribution in [2.24, 2.45) is 0 Å². The van der Waals surface area contributed by atoms with Gasteiger partial charge < -0.3 is 10.2 Å². The van der Waals surface area contributed by atoms with Crippen molar-refractivity contribution in [1.82, 2.24) is 9.97 Å². The highest BCUT2D eigenvalue weighted by Gasteiger charge is 2.17. The molecule has 4 rings (SSSR count). The molecule has 0 aliphatic carbocycles. The highest BCUT2D eigenvalue weighted by molar-refractivity contribution is 5.90. The van der Waals surface area contributed by atoms with Crippen LogP contribution in [0.1, 0.15) is 37.8 Å². The molecule has 0 bridgehead atoms. The zero-order valence-corrected chi connectivity index (χ0v) is 16.2. The van der Waals surface area contributed by atoms with E-state index in [2.05, 4.69) is 17.1 Å². The van der Waals surface area contributed by atoms with E-state index in [1.54, 1.807) is 0 Å². The van der Waals surface area contributed by atoms with Gasteiger partial charge in [0.1, 0.15) is 11.6 Å². The minimum atomic E-state index is -0.221. The number of hydrogen-bond acceptors (Lipinski definition) is 4. The molecule has 0 radical (unpaired) electrons. The van der Waals surface area contributed by atoms with Crippen LogP contribution in [0.4, 0.5) is 16.2 Å². The first-order valence-electron chi connectivity index (χ1n) is 9.24. The predicted molar refractivity (Wildman–Crippen MR) is 111 cm³/mol. The minimum absolute atomic E-state index is 0. The third-order valence-electron chi connectivity index (χ3n) is 4.95. The van der Waals surface area contributed by atoms with E-state index in [0.717, 1.165) is 41.3 Å². The summed E-state index contributed by atoms with van der Waals surface area (Å²) in [6, 6.07) is 14.7. The van der Waals surface area contributed by atoms with Crippen LogP contribution in [0.2, 0.25) is 0 Å². The molecule has 1 atom stereocenters. The Morgan fingerprint density at radius 1 is 0.963 bits per heavy atom. The average Bonchev–Trinajstić information content (AvgIpc) is 2.69. The van der Waals surface area contributed by atoms with Crippen molar-refractivity contribution >= 4 is 35.1 Å². The molecule has 2 aromatic carbocycles. The monoisotopic (exact) mass is 386 g/mol. The number of piperidine rings is 1. The molecule has 1 aromatic heterocycles. The van der Waals surface area contributed by atoms with Gasteiger partial charge in [-0.05, 0) is 56.0 Å². The average molecular weight is 387 g/mol. The molecule has 0 amide bonds. The molecule has 1 N–H and O–H groups in total. The first-order chi connectivity index (χ1) is 12.7. The van der Waals surface area contributed by atoms with Crippen molar-refractivity contribution in [2.75, 3.05) is 23.3 Å². The summed E-state index contributed by atoms with van der Waals surface area (Å²) in [5.74, 6) is 1.39. The van der Waals surface area contributed by atoms with E-state index in [4.69, 9.17) is 9.97 Å². The Morgan fingerprint density at radius 3 is 2.41 bits per heavy atom. The van der Waals surface area contributed by atoms with Crippen LogP contribution >= 0.6 is 12.4 Å². The number of benzene rings is 2. The van der Waals surface area contributed by atoms with Crippen molar-refractivity contribution in [1.29, 1.82) is 0 Å². The van der Waals surface area contributed by atoms with Crippen LogP contribution < -0.4 is 10.2 Å². The smallest absolute Gasteiger partial charge is 0.227 e. The number of rotatable bonds is 4. The zero-order valence-electron chi connectivity index (χ0n) is 15.4. The Labute approximate surface area is 165 Å². The highest BCUT2D eigenvalue weighted by atomic mass is 35.5. The summed E-state index contributed by atoms with van der Waals surface area (Å²) in [6.07, 6.45) is 3.65.